The van der Waals surface area contributed by atoms with Crippen LogP contribution < -0.4 is 15.8 Å². The van der Waals surface area contributed by atoms with Gasteiger partial charge in [0.25, 0.3) is 0 Å². The van der Waals surface area contributed by atoms with Crippen LogP contribution in [0.5, 0.6) is 0 Å². The van der Waals surface area contributed by atoms with E-state index in [1.165, 1.54) is 11.3 Å². The lowest BCUT2D eigenvalue weighted by molar-refractivity contribution is 0.580. The Morgan fingerprint density at radius 2 is 2.00 bits per heavy atom. The van der Waals surface area contributed by atoms with Gasteiger partial charge in [-0.2, -0.15) is 0 Å². The first-order chi connectivity index (χ1) is 10.2. The highest BCUT2D eigenvalue weighted by molar-refractivity contribution is 14.0. The second-order valence-electron chi connectivity index (χ2n) is 5.55. The number of aryl methyl sites for hydroxylation is 2. The topological polar surface area (TPSA) is 96.6 Å². The summed E-state index contributed by atoms with van der Waals surface area (Å²) in [4.78, 5) is 6.32. The lowest BCUT2D eigenvalue weighted by Crippen LogP contribution is -2.38. The Hall–Kier alpha value is -0.390. The molecule has 0 bridgehead atoms. The number of guanidine groups is 1. The van der Waals surface area contributed by atoms with E-state index in [9.17, 15) is 8.42 Å². The van der Waals surface area contributed by atoms with Crippen molar-refractivity contribution in [3.63, 3.8) is 0 Å². The average Bonchev–Trinajstić information content (AvgIpc) is 2.74. The SMILES string of the molecule is Cc1cc(S(=O)(=O)NCCNC(N)=NCCC(C)C)c(C)s1.I. The molecule has 23 heavy (non-hydrogen) atoms. The van der Waals surface area contributed by atoms with Gasteiger partial charge in [-0.1, -0.05) is 13.8 Å². The van der Waals surface area contributed by atoms with Crippen molar-refractivity contribution in [3.8, 4) is 0 Å². The molecule has 134 valence electrons. The molecule has 0 aliphatic rings. The molecule has 0 saturated heterocycles. The van der Waals surface area contributed by atoms with Gasteiger partial charge in [-0.25, -0.2) is 13.1 Å². The monoisotopic (exact) mass is 474 g/mol. The summed E-state index contributed by atoms with van der Waals surface area (Å²) in [6, 6.07) is 1.69. The molecule has 1 heterocycles. The van der Waals surface area contributed by atoms with Gasteiger partial charge in [0.2, 0.25) is 10.0 Å². The molecule has 4 N–H and O–H groups in total. The smallest absolute Gasteiger partial charge is 0.241 e. The zero-order valence-corrected chi connectivity index (χ0v) is 18.0. The van der Waals surface area contributed by atoms with E-state index in [1.807, 2.05) is 13.8 Å². The summed E-state index contributed by atoms with van der Waals surface area (Å²) in [5.41, 5.74) is 5.71. The Bertz CT molecular complexity index is 612. The first-order valence-electron chi connectivity index (χ1n) is 7.33. The van der Waals surface area contributed by atoms with Gasteiger partial charge < -0.3 is 11.1 Å². The number of sulfonamides is 1. The van der Waals surface area contributed by atoms with Crippen LogP contribution >= 0.6 is 35.3 Å². The number of halogens is 1. The van der Waals surface area contributed by atoms with E-state index >= 15 is 0 Å². The standard InChI is InChI=1S/C14H26N4O2S2.HI/c1-10(2)5-6-16-14(15)17-7-8-18-22(19,20)13-9-11(3)21-12(13)4;/h9-10,18H,5-8H2,1-4H3,(H3,15,16,17);1H. The second-order valence-corrected chi connectivity index (χ2v) is 8.75. The van der Waals surface area contributed by atoms with Crippen molar-refractivity contribution in [2.75, 3.05) is 19.6 Å². The maximum Gasteiger partial charge on any atom is 0.241 e. The fraction of sp³-hybridized carbons (Fsp3) is 0.643. The molecule has 1 rings (SSSR count). The molecular formula is C14H27IN4O2S2. The number of hydrogen-bond donors (Lipinski definition) is 3. The molecule has 0 amide bonds. The van der Waals surface area contributed by atoms with Crippen LogP contribution in [0.4, 0.5) is 0 Å². The third-order valence-corrected chi connectivity index (χ3v) is 5.68. The maximum absolute atomic E-state index is 12.2. The minimum atomic E-state index is -3.46. The molecule has 1 aromatic rings. The predicted octanol–water partition coefficient (Wildman–Crippen LogP) is 2.21. The molecule has 0 atom stereocenters. The maximum atomic E-state index is 12.2. The molecule has 0 fully saturated rings. The highest BCUT2D eigenvalue weighted by Gasteiger charge is 2.18. The Kier molecular flexibility index (Phi) is 10.3. The molecule has 0 aromatic carbocycles. The Labute approximate surface area is 160 Å². The van der Waals surface area contributed by atoms with E-state index in [2.05, 4.69) is 28.9 Å². The lowest BCUT2D eigenvalue weighted by atomic mass is 10.1. The van der Waals surface area contributed by atoms with Crippen molar-refractivity contribution in [1.29, 1.82) is 0 Å². The molecule has 6 nitrogen and oxygen atoms in total. The molecule has 1 aromatic heterocycles. The Morgan fingerprint density at radius 3 is 2.52 bits per heavy atom. The van der Waals surface area contributed by atoms with Gasteiger partial charge in [-0.3, -0.25) is 4.99 Å². The normalized spacial score (nSPS) is 12.3. The molecule has 0 aliphatic heterocycles. The summed E-state index contributed by atoms with van der Waals surface area (Å²) in [5, 5.41) is 2.90. The number of rotatable bonds is 8. The summed E-state index contributed by atoms with van der Waals surface area (Å²) in [5.74, 6) is 0.933. The number of aliphatic imine (C=N–C) groups is 1. The largest absolute Gasteiger partial charge is 0.370 e. The molecule has 0 spiro atoms. The Balaban J connectivity index is 0.00000484. The van der Waals surface area contributed by atoms with Crippen LogP contribution in [-0.2, 0) is 10.0 Å². The van der Waals surface area contributed by atoms with Crippen molar-refractivity contribution < 1.29 is 8.42 Å². The van der Waals surface area contributed by atoms with Crippen molar-refractivity contribution in [2.45, 2.75) is 39.0 Å². The summed E-state index contributed by atoms with van der Waals surface area (Å²) >= 11 is 1.48. The van der Waals surface area contributed by atoms with Gasteiger partial charge in [0.05, 0.1) is 4.90 Å². The van der Waals surface area contributed by atoms with Crippen LogP contribution in [0.25, 0.3) is 0 Å². The predicted molar refractivity (Wildman–Crippen MR) is 108 cm³/mol. The van der Waals surface area contributed by atoms with Crippen LogP contribution in [0.3, 0.4) is 0 Å². The molecule has 0 radical (unpaired) electrons. The fourth-order valence-corrected chi connectivity index (χ4v) is 4.41. The molecule has 9 heteroatoms. The lowest BCUT2D eigenvalue weighted by Gasteiger charge is -2.08. The number of nitrogens with zero attached hydrogens (tertiary/aromatic N) is 1. The quantitative estimate of drug-likeness (QED) is 0.233. The van der Waals surface area contributed by atoms with E-state index in [-0.39, 0.29) is 30.5 Å². The van der Waals surface area contributed by atoms with Crippen LogP contribution in [-0.4, -0.2) is 34.0 Å². The van der Waals surface area contributed by atoms with Gasteiger partial charge in [-0.15, -0.1) is 35.3 Å². The number of nitrogens with one attached hydrogen (secondary N) is 2. The zero-order valence-electron chi connectivity index (χ0n) is 14.0. The first-order valence-corrected chi connectivity index (χ1v) is 9.63. The highest BCUT2D eigenvalue weighted by atomic mass is 127. The Morgan fingerprint density at radius 1 is 1.35 bits per heavy atom. The zero-order chi connectivity index (χ0) is 16.8. The van der Waals surface area contributed by atoms with E-state index in [0.717, 1.165) is 16.2 Å². The van der Waals surface area contributed by atoms with Crippen molar-refractivity contribution in [2.24, 2.45) is 16.6 Å². The summed E-state index contributed by atoms with van der Waals surface area (Å²) in [6.45, 7) is 9.30. The van der Waals surface area contributed by atoms with Crippen LogP contribution in [0.15, 0.2) is 16.0 Å². The summed E-state index contributed by atoms with van der Waals surface area (Å²) < 4.78 is 26.9. The second kappa shape index (κ2) is 10.5. The third-order valence-electron chi connectivity index (χ3n) is 3.00. The van der Waals surface area contributed by atoms with E-state index in [1.54, 1.807) is 6.07 Å². The van der Waals surface area contributed by atoms with E-state index in [0.29, 0.717) is 29.9 Å². The minimum absolute atomic E-state index is 0. The average molecular weight is 474 g/mol. The number of nitrogens with two attached hydrogens (primary N) is 1. The van der Waals surface area contributed by atoms with E-state index < -0.39 is 10.0 Å². The van der Waals surface area contributed by atoms with Gasteiger partial charge in [0.1, 0.15) is 0 Å². The van der Waals surface area contributed by atoms with Crippen molar-refractivity contribution in [3.05, 3.63) is 15.8 Å². The fourth-order valence-electron chi connectivity index (χ4n) is 1.83. The number of hydrogen-bond acceptors (Lipinski definition) is 4. The molecule has 0 unspecified atom stereocenters. The van der Waals surface area contributed by atoms with Gasteiger partial charge in [0.15, 0.2) is 5.96 Å². The van der Waals surface area contributed by atoms with Crippen molar-refractivity contribution >= 4 is 51.3 Å². The third kappa shape index (κ3) is 8.32. The van der Waals surface area contributed by atoms with Crippen LogP contribution in [0, 0.1) is 19.8 Å². The van der Waals surface area contributed by atoms with Crippen LogP contribution in [0.2, 0.25) is 0 Å². The summed E-state index contributed by atoms with van der Waals surface area (Å²) in [7, 11) is -3.46. The van der Waals surface area contributed by atoms with Gasteiger partial charge in [0, 0.05) is 29.4 Å². The number of thiophene rings is 1. The molecule has 0 saturated carbocycles. The minimum Gasteiger partial charge on any atom is -0.370 e. The molecular weight excluding hydrogens is 447 g/mol. The van der Waals surface area contributed by atoms with Gasteiger partial charge in [-0.05, 0) is 32.3 Å². The molecule has 0 aliphatic carbocycles. The highest BCUT2D eigenvalue weighted by Crippen LogP contribution is 2.24. The first kappa shape index (κ1) is 22.6. The summed E-state index contributed by atoms with van der Waals surface area (Å²) in [6.07, 6.45) is 0.978. The van der Waals surface area contributed by atoms with Crippen molar-refractivity contribution in [1.82, 2.24) is 10.0 Å². The van der Waals surface area contributed by atoms with E-state index in [4.69, 9.17) is 5.73 Å². The van der Waals surface area contributed by atoms with Crippen LogP contribution in [0.1, 0.15) is 30.0 Å². The van der Waals surface area contributed by atoms with Gasteiger partial charge >= 0.3 is 0 Å².